The van der Waals surface area contributed by atoms with Gasteiger partial charge in [0.05, 0.1) is 12.2 Å². The van der Waals surface area contributed by atoms with Crippen LogP contribution < -0.4 is 0 Å². The predicted molar refractivity (Wildman–Crippen MR) is 100 cm³/mol. The highest BCUT2D eigenvalue weighted by Crippen LogP contribution is 2.60. The number of rotatable bonds is 3. The summed E-state index contributed by atoms with van der Waals surface area (Å²) in [5.74, 6) is -0.740. The van der Waals surface area contributed by atoms with E-state index in [9.17, 15) is 15.0 Å². The van der Waals surface area contributed by atoms with E-state index < -0.39 is 18.2 Å². The lowest BCUT2D eigenvalue weighted by Gasteiger charge is -2.42. The van der Waals surface area contributed by atoms with Crippen LogP contribution in [0.3, 0.4) is 0 Å². The van der Waals surface area contributed by atoms with E-state index in [1.165, 1.54) is 0 Å². The van der Waals surface area contributed by atoms with E-state index >= 15 is 0 Å². The van der Waals surface area contributed by atoms with Crippen LogP contribution in [0.1, 0.15) is 54.9 Å². The van der Waals surface area contributed by atoms with Gasteiger partial charge in [0, 0.05) is 17.8 Å². The summed E-state index contributed by atoms with van der Waals surface area (Å²) in [6, 6.07) is 10.0. The molecule has 0 saturated heterocycles. The maximum atomic E-state index is 10.9. The number of carboxylic acids is 1. The summed E-state index contributed by atoms with van der Waals surface area (Å²) in [5.41, 5.74) is 3.64. The van der Waals surface area contributed by atoms with Gasteiger partial charge in [-0.25, -0.2) is 0 Å². The minimum absolute atomic E-state index is 0.0620. The maximum Gasteiger partial charge on any atom is 0.303 e. The summed E-state index contributed by atoms with van der Waals surface area (Å²) in [4.78, 5) is 10.8. The molecule has 2 aromatic carbocycles. The molecule has 0 heterocycles. The molecule has 2 aliphatic carbocycles. The molecular weight excluding hydrogens is 328 g/mol. The largest absolute Gasteiger partial charge is 0.481 e. The first-order chi connectivity index (χ1) is 12.3. The highest BCUT2D eigenvalue weighted by molar-refractivity contribution is 5.88. The van der Waals surface area contributed by atoms with Gasteiger partial charge in [-0.1, -0.05) is 49.4 Å². The van der Waals surface area contributed by atoms with Crippen molar-refractivity contribution < 1.29 is 20.1 Å². The molecule has 1 fully saturated rings. The number of fused-ring (bicyclic) bond motifs is 5. The van der Waals surface area contributed by atoms with Crippen molar-refractivity contribution in [2.24, 2.45) is 5.41 Å². The first-order valence-electron chi connectivity index (χ1n) is 9.12. The van der Waals surface area contributed by atoms with Crippen LogP contribution in [0.5, 0.6) is 0 Å². The number of hydrogen-bond acceptors (Lipinski definition) is 3. The molecule has 0 bridgehead atoms. The molecule has 4 nitrogen and oxygen atoms in total. The van der Waals surface area contributed by atoms with Crippen molar-refractivity contribution in [3.63, 3.8) is 0 Å². The van der Waals surface area contributed by atoms with Crippen LogP contribution in [-0.2, 0) is 11.2 Å². The number of aliphatic hydroxyl groups excluding tert-OH is 2. The Morgan fingerprint density at radius 2 is 2.04 bits per heavy atom. The molecule has 0 amide bonds. The van der Waals surface area contributed by atoms with E-state index in [2.05, 4.69) is 6.58 Å². The fourth-order valence-corrected chi connectivity index (χ4v) is 5.06. The predicted octanol–water partition coefficient (Wildman–Crippen LogP) is 3.70. The van der Waals surface area contributed by atoms with Gasteiger partial charge in [0.25, 0.3) is 0 Å². The highest BCUT2D eigenvalue weighted by Gasteiger charge is 2.53. The van der Waals surface area contributed by atoms with Crippen molar-refractivity contribution in [2.75, 3.05) is 0 Å². The summed E-state index contributed by atoms with van der Waals surface area (Å²) in [6.07, 6.45) is 0.605. The van der Waals surface area contributed by atoms with Crippen molar-refractivity contribution in [3.8, 4) is 0 Å². The molecule has 2 aliphatic rings. The van der Waals surface area contributed by atoms with E-state index in [-0.39, 0.29) is 17.8 Å². The Bertz CT molecular complexity index is 916. The number of aryl methyl sites for hydroxylation is 1. The molecule has 3 N–H and O–H groups in total. The van der Waals surface area contributed by atoms with E-state index in [0.29, 0.717) is 19.3 Å². The summed E-state index contributed by atoms with van der Waals surface area (Å²) in [5, 5.41) is 32.3. The van der Waals surface area contributed by atoms with Crippen molar-refractivity contribution in [2.45, 2.75) is 50.7 Å². The van der Waals surface area contributed by atoms with Gasteiger partial charge in [-0.3, -0.25) is 4.79 Å². The second-order valence-corrected chi connectivity index (χ2v) is 8.05. The first kappa shape index (κ1) is 17.3. The van der Waals surface area contributed by atoms with Crippen molar-refractivity contribution in [1.82, 2.24) is 0 Å². The molecule has 4 rings (SSSR count). The Balaban J connectivity index is 1.82. The van der Waals surface area contributed by atoms with E-state index in [0.717, 1.165) is 33.0 Å². The van der Waals surface area contributed by atoms with Gasteiger partial charge in [-0.05, 0) is 46.7 Å². The summed E-state index contributed by atoms with van der Waals surface area (Å²) in [7, 11) is 0. The molecule has 0 unspecified atom stereocenters. The van der Waals surface area contributed by atoms with Gasteiger partial charge in [-0.2, -0.15) is 0 Å². The zero-order valence-electron chi connectivity index (χ0n) is 14.9. The lowest BCUT2D eigenvalue weighted by atomic mass is 9.63. The number of benzene rings is 2. The third-order valence-corrected chi connectivity index (χ3v) is 6.35. The molecule has 0 radical (unpaired) electrons. The van der Waals surface area contributed by atoms with Crippen LogP contribution in [0.4, 0.5) is 0 Å². The number of aliphatic hydroxyl groups is 2. The van der Waals surface area contributed by atoms with Crippen molar-refractivity contribution in [1.29, 1.82) is 0 Å². The SMILES string of the molecule is C=C1C[C@H](O)[C@@]2(C)C[C@H](O)c3c(ccc4cc(CCC(=O)O)ccc34)[C@H]12. The monoisotopic (exact) mass is 352 g/mol. The van der Waals surface area contributed by atoms with Crippen LogP contribution in [-0.4, -0.2) is 27.4 Å². The summed E-state index contributed by atoms with van der Waals surface area (Å²) < 4.78 is 0. The Labute approximate surface area is 152 Å². The van der Waals surface area contributed by atoms with E-state index in [1.807, 2.05) is 37.3 Å². The highest BCUT2D eigenvalue weighted by atomic mass is 16.4. The topological polar surface area (TPSA) is 77.8 Å². The van der Waals surface area contributed by atoms with E-state index in [4.69, 9.17) is 5.11 Å². The summed E-state index contributed by atoms with van der Waals surface area (Å²) >= 11 is 0. The van der Waals surface area contributed by atoms with E-state index in [1.54, 1.807) is 0 Å². The van der Waals surface area contributed by atoms with Gasteiger partial charge in [0.15, 0.2) is 0 Å². The first-order valence-corrected chi connectivity index (χ1v) is 9.12. The number of carbonyl (C=O) groups is 1. The molecule has 1 saturated carbocycles. The van der Waals surface area contributed by atoms with Crippen LogP contribution in [0.15, 0.2) is 42.5 Å². The molecule has 4 heteroatoms. The quantitative estimate of drug-likeness (QED) is 0.736. The lowest BCUT2D eigenvalue weighted by molar-refractivity contribution is -0.136. The third-order valence-electron chi connectivity index (χ3n) is 6.35. The fourth-order valence-electron chi connectivity index (χ4n) is 5.06. The van der Waals surface area contributed by atoms with Crippen molar-refractivity contribution >= 4 is 16.7 Å². The average Bonchev–Trinajstić information content (AvgIpc) is 2.81. The zero-order valence-corrected chi connectivity index (χ0v) is 14.9. The number of hydrogen-bond donors (Lipinski definition) is 3. The number of carboxylic acid groups (broad SMARTS) is 1. The van der Waals surface area contributed by atoms with Crippen LogP contribution in [0, 0.1) is 5.41 Å². The molecule has 136 valence electrons. The van der Waals surface area contributed by atoms with Gasteiger partial charge >= 0.3 is 5.97 Å². The Morgan fingerprint density at radius 3 is 2.77 bits per heavy atom. The molecule has 0 aromatic heterocycles. The molecule has 0 spiro atoms. The second kappa shape index (κ2) is 5.93. The molecular formula is C22H24O4. The molecule has 26 heavy (non-hydrogen) atoms. The Hall–Kier alpha value is -2.17. The smallest absolute Gasteiger partial charge is 0.303 e. The molecule has 4 atom stereocenters. The Morgan fingerprint density at radius 1 is 1.27 bits per heavy atom. The van der Waals surface area contributed by atoms with Gasteiger partial charge < -0.3 is 15.3 Å². The third kappa shape index (κ3) is 2.48. The lowest BCUT2D eigenvalue weighted by Crippen LogP contribution is -2.37. The molecule has 0 aliphatic heterocycles. The molecule has 2 aromatic rings. The second-order valence-electron chi connectivity index (χ2n) is 8.05. The van der Waals surface area contributed by atoms with Crippen LogP contribution in [0.25, 0.3) is 10.8 Å². The average molecular weight is 352 g/mol. The van der Waals surface area contributed by atoms with Crippen LogP contribution >= 0.6 is 0 Å². The van der Waals surface area contributed by atoms with Crippen molar-refractivity contribution in [3.05, 3.63) is 59.2 Å². The van der Waals surface area contributed by atoms with Gasteiger partial charge in [-0.15, -0.1) is 0 Å². The van der Waals surface area contributed by atoms with Gasteiger partial charge in [0.1, 0.15) is 0 Å². The minimum atomic E-state index is -0.802. The Kier molecular flexibility index (Phi) is 3.94. The minimum Gasteiger partial charge on any atom is -0.481 e. The van der Waals surface area contributed by atoms with Crippen LogP contribution in [0.2, 0.25) is 0 Å². The maximum absolute atomic E-state index is 10.9. The standard InChI is InChI=1S/C22H24O4/c1-12-9-18(24)22(2)11-17(23)20-15-6-3-13(4-8-19(25)26)10-14(15)5-7-16(20)21(12)22/h3,5-7,10,17-18,21,23-24H,1,4,8-9,11H2,2H3,(H,25,26)/t17-,18-,21-,22+/m0/s1. The van der Waals surface area contributed by atoms with Gasteiger partial charge in [0.2, 0.25) is 0 Å². The summed E-state index contributed by atoms with van der Waals surface area (Å²) in [6.45, 7) is 6.24. The normalized spacial score (nSPS) is 30.3. The zero-order chi connectivity index (χ0) is 18.6. The number of aliphatic carboxylic acids is 1. The fraction of sp³-hybridized carbons (Fsp3) is 0.409.